The summed E-state index contributed by atoms with van der Waals surface area (Å²) in [5.74, 6) is 1.23. The lowest BCUT2D eigenvalue weighted by molar-refractivity contribution is -0.121. The maximum absolute atomic E-state index is 11.8. The first kappa shape index (κ1) is 14.1. The lowest BCUT2D eigenvalue weighted by atomic mass is 9.80. The van der Waals surface area contributed by atoms with Crippen LogP contribution in [0.4, 0.5) is 0 Å². The largest absolute Gasteiger partial charge is 0.359 e. The molecule has 0 spiro atoms. The lowest BCUT2D eigenvalue weighted by Gasteiger charge is -2.25. The number of aryl methyl sites for hydroxylation is 2. The second-order valence-electron chi connectivity index (χ2n) is 5.89. The van der Waals surface area contributed by atoms with E-state index in [9.17, 15) is 4.79 Å². The third-order valence-electron chi connectivity index (χ3n) is 4.48. The van der Waals surface area contributed by atoms with Crippen LogP contribution in [0.3, 0.4) is 0 Å². The zero-order chi connectivity index (χ0) is 13.8. The van der Waals surface area contributed by atoms with Crippen LogP contribution < -0.4 is 5.32 Å². The van der Waals surface area contributed by atoms with Crippen molar-refractivity contribution in [2.24, 2.45) is 5.92 Å². The van der Waals surface area contributed by atoms with E-state index in [2.05, 4.69) is 37.4 Å². The summed E-state index contributed by atoms with van der Waals surface area (Å²) < 4.78 is 0. The average Bonchev–Trinajstić information content (AvgIpc) is 2.90. The van der Waals surface area contributed by atoms with Gasteiger partial charge in [0, 0.05) is 13.5 Å². The Labute approximate surface area is 116 Å². The van der Waals surface area contributed by atoms with Gasteiger partial charge in [-0.25, -0.2) is 0 Å². The predicted molar refractivity (Wildman–Crippen MR) is 79.3 cm³/mol. The van der Waals surface area contributed by atoms with Gasteiger partial charge in [0.25, 0.3) is 0 Å². The molecule has 1 aromatic rings. The number of amides is 1. The van der Waals surface area contributed by atoms with Crippen LogP contribution in [0.5, 0.6) is 0 Å². The van der Waals surface area contributed by atoms with E-state index in [-0.39, 0.29) is 5.91 Å². The minimum atomic E-state index is 0.164. The van der Waals surface area contributed by atoms with Gasteiger partial charge in [-0.3, -0.25) is 4.79 Å². The molecule has 2 rings (SSSR count). The first-order valence-corrected chi connectivity index (χ1v) is 7.39. The van der Waals surface area contributed by atoms with E-state index in [0.717, 1.165) is 0 Å². The van der Waals surface area contributed by atoms with E-state index in [1.54, 1.807) is 7.05 Å². The van der Waals surface area contributed by atoms with Gasteiger partial charge >= 0.3 is 0 Å². The van der Waals surface area contributed by atoms with E-state index in [4.69, 9.17) is 0 Å². The number of carbonyl (C=O) groups is 1. The maximum atomic E-state index is 11.8. The number of carbonyl (C=O) groups excluding carboxylic acids is 1. The molecule has 1 N–H and O–H groups in total. The zero-order valence-electron chi connectivity index (χ0n) is 12.3. The molecule has 0 bridgehead atoms. The Morgan fingerprint density at radius 3 is 2.58 bits per heavy atom. The lowest BCUT2D eigenvalue weighted by Crippen LogP contribution is -2.24. The summed E-state index contributed by atoms with van der Waals surface area (Å²) in [7, 11) is 1.73. The monoisotopic (exact) mass is 259 g/mol. The molecule has 1 saturated carbocycles. The van der Waals surface area contributed by atoms with Crippen molar-refractivity contribution in [2.75, 3.05) is 7.05 Å². The van der Waals surface area contributed by atoms with Crippen LogP contribution in [0.2, 0.25) is 0 Å². The first-order valence-electron chi connectivity index (χ1n) is 7.39. The molecule has 1 atom stereocenters. The van der Waals surface area contributed by atoms with Crippen LogP contribution in [-0.4, -0.2) is 13.0 Å². The molecule has 0 heterocycles. The molecule has 0 saturated heterocycles. The quantitative estimate of drug-likeness (QED) is 0.877. The summed E-state index contributed by atoms with van der Waals surface area (Å²) in [4.78, 5) is 11.8. The highest BCUT2D eigenvalue weighted by atomic mass is 16.1. The van der Waals surface area contributed by atoms with E-state index >= 15 is 0 Å². The number of nitrogens with one attached hydrogen (secondary N) is 1. The van der Waals surface area contributed by atoms with Crippen molar-refractivity contribution in [3.8, 4) is 0 Å². The molecule has 1 aliphatic rings. The molecule has 1 amide bonds. The fourth-order valence-corrected chi connectivity index (χ4v) is 3.43. The van der Waals surface area contributed by atoms with E-state index < -0.39 is 0 Å². The first-order chi connectivity index (χ1) is 9.11. The number of rotatable bonds is 4. The van der Waals surface area contributed by atoms with Crippen molar-refractivity contribution in [1.82, 2.24) is 5.32 Å². The average molecular weight is 259 g/mol. The van der Waals surface area contributed by atoms with Crippen LogP contribution in [0, 0.1) is 19.8 Å². The Bertz CT molecular complexity index is 447. The van der Waals surface area contributed by atoms with Gasteiger partial charge in [-0.05, 0) is 49.7 Å². The second-order valence-corrected chi connectivity index (χ2v) is 5.89. The molecule has 1 fully saturated rings. The Morgan fingerprint density at radius 1 is 1.32 bits per heavy atom. The Morgan fingerprint density at radius 2 is 2.00 bits per heavy atom. The standard InChI is InChI=1S/C17H25NO/c1-12-8-9-15(13(2)10-12)16(11-17(19)18-3)14-6-4-5-7-14/h8-10,14,16H,4-7,11H2,1-3H3,(H,18,19). The fourth-order valence-electron chi connectivity index (χ4n) is 3.43. The summed E-state index contributed by atoms with van der Waals surface area (Å²) in [6, 6.07) is 6.64. The van der Waals surface area contributed by atoms with Crippen molar-refractivity contribution in [1.29, 1.82) is 0 Å². The Kier molecular flexibility index (Phi) is 4.62. The smallest absolute Gasteiger partial charge is 0.220 e. The number of hydrogen-bond donors (Lipinski definition) is 1. The molecule has 104 valence electrons. The highest BCUT2D eigenvalue weighted by molar-refractivity contribution is 5.76. The van der Waals surface area contributed by atoms with Crippen LogP contribution in [0.25, 0.3) is 0 Å². The van der Waals surface area contributed by atoms with Gasteiger partial charge in [-0.15, -0.1) is 0 Å². The van der Waals surface area contributed by atoms with Crippen molar-refractivity contribution < 1.29 is 4.79 Å². The van der Waals surface area contributed by atoms with Gasteiger partial charge in [0.15, 0.2) is 0 Å². The third kappa shape index (κ3) is 3.37. The van der Waals surface area contributed by atoms with Crippen molar-refractivity contribution in [3.05, 3.63) is 34.9 Å². The van der Waals surface area contributed by atoms with Gasteiger partial charge in [0.05, 0.1) is 0 Å². The highest BCUT2D eigenvalue weighted by Gasteiger charge is 2.28. The molecule has 19 heavy (non-hydrogen) atoms. The van der Waals surface area contributed by atoms with E-state index in [1.807, 2.05) is 0 Å². The van der Waals surface area contributed by atoms with Gasteiger partial charge in [0.2, 0.25) is 5.91 Å². The highest BCUT2D eigenvalue weighted by Crippen LogP contribution is 2.40. The van der Waals surface area contributed by atoms with E-state index in [0.29, 0.717) is 18.3 Å². The Balaban J connectivity index is 2.27. The minimum absolute atomic E-state index is 0.164. The summed E-state index contributed by atoms with van der Waals surface area (Å²) in [6.45, 7) is 4.30. The van der Waals surface area contributed by atoms with Gasteiger partial charge in [-0.2, -0.15) is 0 Å². The normalized spacial score (nSPS) is 17.4. The van der Waals surface area contributed by atoms with Crippen LogP contribution in [0.1, 0.15) is 54.7 Å². The molecular weight excluding hydrogens is 234 g/mol. The summed E-state index contributed by atoms with van der Waals surface area (Å²) in [5.41, 5.74) is 4.01. The number of benzene rings is 1. The maximum Gasteiger partial charge on any atom is 0.220 e. The molecule has 1 unspecified atom stereocenters. The van der Waals surface area contributed by atoms with Crippen LogP contribution >= 0.6 is 0 Å². The molecule has 1 aromatic carbocycles. The van der Waals surface area contributed by atoms with Crippen LogP contribution in [-0.2, 0) is 4.79 Å². The molecular formula is C17H25NO. The molecule has 0 aliphatic heterocycles. The van der Waals surface area contributed by atoms with E-state index in [1.165, 1.54) is 42.4 Å². The molecule has 0 aromatic heterocycles. The molecule has 0 radical (unpaired) electrons. The van der Waals surface area contributed by atoms with Crippen molar-refractivity contribution >= 4 is 5.91 Å². The fraction of sp³-hybridized carbons (Fsp3) is 0.588. The minimum Gasteiger partial charge on any atom is -0.359 e. The predicted octanol–water partition coefficient (Wildman–Crippen LogP) is 3.71. The Hall–Kier alpha value is -1.31. The van der Waals surface area contributed by atoms with Gasteiger partial charge < -0.3 is 5.32 Å². The van der Waals surface area contributed by atoms with Gasteiger partial charge in [-0.1, -0.05) is 36.6 Å². The summed E-state index contributed by atoms with van der Waals surface area (Å²) in [6.07, 6.45) is 5.81. The van der Waals surface area contributed by atoms with Crippen LogP contribution in [0.15, 0.2) is 18.2 Å². The zero-order valence-corrected chi connectivity index (χ0v) is 12.3. The summed E-state index contributed by atoms with van der Waals surface area (Å²) in [5, 5.41) is 2.78. The molecule has 1 aliphatic carbocycles. The van der Waals surface area contributed by atoms with Gasteiger partial charge in [0.1, 0.15) is 0 Å². The second kappa shape index (κ2) is 6.23. The summed E-state index contributed by atoms with van der Waals surface area (Å²) >= 11 is 0. The van der Waals surface area contributed by atoms with Crippen molar-refractivity contribution in [3.63, 3.8) is 0 Å². The SMILES string of the molecule is CNC(=O)CC(c1ccc(C)cc1C)C1CCCC1. The third-order valence-corrected chi connectivity index (χ3v) is 4.48. The molecule has 2 nitrogen and oxygen atoms in total. The topological polar surface area (TPSA) is 29.1 Å². The van der Waals surface area contributed by atoms with Crippen molar-refractivity contribution in [2.45, 2.75) is 51.9 Å². The number of hydrogen-bond acceptors (Lipinski definition) is 1. The molecule has 2 heteroatoms.